The van der Waals surface area contributed by atoms with Crippen LogP contribution in [-0.2, 0) is 9.31 Å². The molecule has 1 aromatic heterocycles. The van der Waals surface area contributed by atoms with Gasteiger partial charge in [0.15, 0.2) is 0 Å². The number of hydrogen-bond acceptors (Lipinski definition) is 6. The lowest BCUT2D eigenvalue weighted by Crippen LogP contribution is -2.41. The van der Waals surface area contributed by atoms with Crippen LogP contribution in [0, 0.1) is 0 Å². The van der Waals surface area contributed by atoms with Gasteiger partial charge in [-0.1, -0.05) is 12.1 Å². The highest BCUT2D eigenvalue weighted by Crippen LogP contribution is 2.37. The predicted molar refractivity (Wildman–Crippen MR) is 95.9 cm³/mol. The number of nitrogens with zero attached hydrogens (tertiary/aromatic N) is 2. The van der Waals surface area contributed by atoms with Crippen LogP contribution in [0.4, 0.5) is 0 Å². The standard InChI is InChI=1S/C16H24BN5O2/c1-15(2)16(3,4)24-17(23-15)12-7-6-10(13(18)9-22(5)19)11-8-20-21-14(11)12/h6-9H,18-19H2,1-5H3,(H,20,21)/b13-9-. The lowest BCUT2D eigenvalue weighted by Gasteiger charge is -2.32. The van der Waals surface area contributed by atoms with E-state index < -0.39 is 18.3 Å². The fourth-order valence-electron chi connectivity index (χ4n) is 2.76. The van der Waals surface area contributed by atoms with Crippen LogP contribution >= 0.6 is 0 Å². The van der Waals surface area contributed by atoms with Crippen LogP contribution in [0.15, 0.2) is 24.5 Å². The first-order valence-electron chi connectivity index (χ1n) is 7.89. The monoisotopic (exact) mass is 329 g/mol. The highest BCUT2D eigenvalue weighted by molar-refractivity contribution is 6.65. The molecule has 0 saturated carbocycles. The summed E-state index contributed by atoms with van der Waals surface area (Å²) in [6.07, 6.45) is 3.41. The first-order valence-corrected chi connectivity index (χ1v) is 7.89. The first-order chi connectivity index (χ1) is 11.1. The van der Waals surface area contributed by atoms with Gasteiger partial charge >= 0.3 is 7.12 Å². The van der Waals surface area contributed by atoms with Crippen molar-refractivity contribution in [1.29, 1.82) is 0 Å². The van der Waals surface area contributed by atoms with E-state index in [2.05, 4.69) is 10.2 Å². The van der Waals surface area contributed by atoms with Gasteiger partial charge in [0.2, 0.25) is 0 Å². The van der Waals surface area contributed by atoms with E-state index in [0.717, 1.165) is 21.9 Å². The number of hydrogen-bond donors (Lipinski definition) is 3. The summed E-state index contributed by atoms with van der Waals surface area (Å²) in [6.45, 7) is 8.12. The number of nitrogens with two attached hydrogens (primary N) is 2. The third-order valence-electron chi connectivity index (χ3n) is 4.81. The molecule has 8 heteroatoms. The molecule has 0 bridgehead atoms. The van der Waals surface area contributed by atoms with E-state index in [1.807, 2.05) is 39.8 Å². The lowest BCUT2D eigenvalue weighted by atomic mass is 9.77. The zero-order valence-electron chi connectivity index (χ0n) is 14.8. The number of nitrogens with one attached hydrogen (secondary N) is 1. The van der Waals surface area contributed by atoms with Gasteiger partial charge in [0, 0.05) is 29.7 Å². The Morgan fingerprint density at radius 1 is 1.25 bits per heavy atom. The van der Waals surface area contributed by atoms with E-state index in [0.29, 0.717) is 5.70 Å². The molecule has 1 fully saturated rings. The van der Waals surface area contributed by atoms with Crippen molar-refractivity contribution in [3.8, 4) is 0 Å². The van der Waals surface area contributed by atoms with Crippen molar-refractivity contribution >= 4 is 29.2 Å². The number of rotatable bonds is 3. The minimum Gasteiger partial charge on any atom is -0.399 e. The molecule has 0 radical (unpaired) electrons. The summed E-state index contributed by atoms with van der Waals surface area (Å²) >= 11 is 0. The van der Waals surface area contributed by atoms with E-state index >= 15 is 0 Å². The Hall–Kier alpha value is -2.03. The van der Waals surface area contributed by atoms with Crippen molar-refractivity contribution in [2.45, 2.75) is 38.9 Å². The van der Waals surface area contributed by atoms with Crippen molar-refractivity contribution in [3.05, 3.63) is 30.1 Å². The summed E-state index contributed by atoms with van der Waals surface area (Å²) in [5.74, 6) is 5.65. The lowest BCUT2D eigenvalue weighted by molar-refractivity contribution is 0.00578. The summed E-state index contributed by atoms with van der Waals surface area (Å²) < 4.78 is 12.3. The second-order valence-corrected chi connectivity index (χ2v) is 7.20. The van der Waals surface area contributed by atoms with Gasteiger partial charge < -0.3 is 20.1 Å². The number of benzene rings is 1. The molecule has 5 N–H and O–H groups in total. The van der Waals surface area contributed by atoms with Gasteiger partial charge in [-0.3, -0.25) is 5.10 Å². The maximum atomic E-state index is 6.15. The third-order valence-corrected chi connectivity index (χ3v) is 4.81. The summed E-state index contributed by atoms with van der Waals surface area (Å²) in [6, 6.07) is 3.89. The average Bonchev–Trinajstić information content (AvgIpc) is 3.00. The quantitative estimate of drug-likeness (QED) is 0.440. The summed E-state index contributed by atoms with van der Waals surface area (Å²) in [7, 11) is 1.26. The molecule has 2 heterocycles. The van der Waals surface area contributed by atoms with Crippen LogP contribution in [0.2, 0.25) is 0 Å². The smallest absolute Gasteiger partial charge is 0.399 e. The summed E-state index contributed by atoms with van der Waals surface area (Å²) in [5, 5.41) is 9.52. The number of aromatic nitrogens is 2. The number of aromatic amines is 1. The Morgan fingerprint density at radius 3 is 2.46 bits per heavy atom. The Labute approximate surface area is 142 Å². The normalized spacial score (nSPS) is 19.9. The molecule has 0 atom stereocenters. The summed E-state index contributed by atoms with van der Waals surface area (Å²) in [5.41, 5.74) is 8.52. The molecule has 128 valence electrons. The highest BCUT2D eigenvalue weighted by atomic mass is 16.7. The first kappa shape index (κ1) is 16.8. The molecule has 1 saturated heterocycles. The second-order valence-electron chi connectivity index (χ2n) is 7.20. The van der Waals surface area contributed by atoms with Crippen LogP contribution in [0.1, 0.15) is 33.3 Å². The van der Waals surface area contributed by atoms with Gasteiger partial charge in [-0.25, -0.2) is 5.84 Å². The van der Waals surface area contributed by atoms with E-state index in [-0.39, 0.29) is 0 Å². The molecule has 3 rings (SSSR count). The van der Waals surface area contributed by atoms with Gasteiger partial charge in [0.1, 0.15) is 0 Å². The highest BCUT2D eigenvalue weighted by Gasteiger charge is 2.52. The molecule has 0 amide bonds. The molecule has 24 heavy (non-hydrogen) atoms. The third kappa shape index (κ3) is 2.66. The number of hydrazine groups is 1. The van der Waals surface area contributed by atoms with Gasteiger partial charge in [-0.15, -0.1) is 0 Å². The predicted octanol–water partition coefficient (Wildman–Crippen LogP) is 0.925. The molecule has 0 unspecified atom stereocenters. The molecule has 1 aromatic carbocycles. The fourth-order valence-corrected chi connectivity index (χ4v) is 2.76. The van der Waals surface area contributed by atoms with Crippen LogP contribution in [-0.4, -0.2) is 40.6 Å². The molecular weight excluding hydrogens is 305 g/mol. The minimum atomic E-state index is -0.464. The molecule has 1 aliphatic heterocycles. The number of H-pyrrole nitrogens is 1. The van der Waals surface area contributed by atoms with E-state index in [4.69, 9.17) is 20.9 Å². The SMILES string of the molecule is CN(N)/C=C(\N)c1ccc(B2OC(C)(C)C(C)(C)O2)c2[nH]ncc12. The van der Waals surface area contributed by atoms with Gasteiger partial charge in [-0.05, 0) is 27.7 Å². The van der Waals surface area contributed by atoms with Crippen molar-refractivity contribution in [2.24, 2.45) is 11.6 Å². The Bertz CT molecular complexity index is 781. The molecule has 7 nitrogen and oxygen atoms in total. The molecule has 0 aliphatic carbocycles. The maximum Gasteiger partial charge on any atom is 0.497 e. The van der Waals surface area contributed by atoms with E-state index in [1.165, 1.54) is 5.01 Å². The zero-order valence-corrected chi connectivity index (χ0v) is 14.8. The van der Waals surface area contributed by atoms with Gasteiger partial charge in [0.05, 0.1) is 28.6 Å². The topological polar surface area (TPSA) is 102 Å². The van der Waals surface area contributed by atoms with Crippen LogP contribution in [0.5, 0.6) is 0 Å². The Kier molecular flexibility index (Phi) is 3.86. The van der Waals surface area contributed by atoms with Crippen molar-refractivity contribution in [3.63, 3.8) is 0 Å². The van der Waals surface area contributed by atoms with Crippen molar-refractivity contribution < 1.29 is 9.31 Å². The second kappa shape index (κ2) is 5.51. The minimum absolute atomic E-state index is 0.399. The van der Waals surface area contributed by atoms with E-state index in [9.17, 15) is 0 Å². The molecule has 2 aromatic rings. The van der Waals surface area contributed by atoms with Crippen LogP contribution in [0.25, 0.3) is 16.6 Å². The van der Waals surface area contributed by atoms with Gasteiger partial charge in [0.25, 0.3) is 0 Å². The maximum absolute atomic E-state index is 6.15. The van der Waals surface area contributed by atoms with Crippen LogP contribution in [0.3, 0.4) is 0 Å². The van der Waals surface area contributed by atoms with Crippen LogP contribution < -0.4 is 17.0 Å². The Morgan fingerprint density at radius 2 is 1.88 bits per heavy atom. The molecule has 1 aliphatic rings. The van der Waals surface area contributed by atoms with Gasteiger partial charge in [-0.2, -0.15) is 5.10 Å². The van der Waals surface area contributed by atoms with E-state index in [1.54, 1.807) is 19.4 Å². The number of fused-ring (bicyclic) bond motifs is 1. The van der Waals surface area contributed by atoms with Crippen molar-refractivity contribution in [1.82, 2.24) is 15.2 Å². The zero-order chi connectivity index (χ0) is 17.7. The average molecular weight is 329 g/mol. The molecular formula is C16H24BN5O2. The fraction of sp³-hybridized carbons (Fsp3) is 0.438. The summed E-state index contributed by atoms with van der Waals surface area (Å²) in [4.78, 5) is 0. The largest absolute Gasteiger partial charge is 0.497 e. The van der Waals surface area contributed by atoms with Crippen molar-refractivity contribution in [2.75, 3.05) is 7.05 Å². The Balaban J connectivity index is 2.06. The molecule has 0 spiro atoms.